The summed E-state index contributed by atoms with van der Waals surface area (Å²) in [7, 11) is 0. The molecule has 1 aliphatic rings. The molecule has 3 aromatic heterocycles. The van der Waals surface area contributed by atoms with Crippen molar-refractivity contribution in [3.63, 3.8) is 0 Å². The first kappa shape index (κ1) is 22.6. The number of aromatic nitrogens is 2. The van der Waals surface area contributed by atoms with Crippen LogP contribution in [0.3, 0.4) is 0 Å². The fourth-order valence-corrected chi connectivity index (χ4v) is 4.53. The minimum absolute atomic E-state index is 0.204. The number of furan rings is 1. The van der Waals surface area contributed by atoms with Crippen LogP contribution >= 0.6 is 11.3 Å². The van der Waals surface area contributed by atoms with E-state index < -0.39 is 5.97 Å². The molecular weight excluding hydrogens is 468 g/mol. The molecule has 5 rings (SSSR count). The lowest BCUT2D eigenvalue weighted by Gasteiger charge is -2.34. The third-order valence-corrected chi connectivity index (χ3v) is 6.56. The predicted octanol–water partition coefficient (Wildman–Crippen LogP) is 3.34. The summed E-state index contributed by atoms with van der Waals surface area (Å²) in [5, 5.41) is 6.53. The Kier molecular flexibility index (Phi) is 6.44. The van der Waals surface area contributed by atoms with E-state index in [0.29, 0.717) is 37.6 Å². The maximum absolute atomic E-state index is 13.0. The number of para-hydroxylation sites is 1. The summed E-state index contributed by atoms with van der Waals surface area (Å²) in [4.78, 5) is 42.2. The summed E-state index contributed by atoms with van der Waals surface area (Å²) < 4.78 is 12.1. The Morgan fingerprint density at radius 2 is 1.71 bits per heavy atom. The van der Waals surface area contributed by atoms with E-state index in [4.69, 9.17) is 9.15 Å². The standard InChI is InChI=1S/C25H22N4O5S/c30-23(27-10-12-28(13-11-27)24(31)21-8-4-14-33-21)17-34-25(32)20-16-19(22-9-5-15-35-22)26-29(20)18-6-2-1-3-7-18/h1-9,14-16H,10-13,17H2. The van der Waals surface area contributed by atoms with Gasteiger partial charge in [-0.15, -0.1) is 11.3 Å². The number of nitrogens with zero attached hydrogens (tertiary/aromatic N) is 4. The molecule has 0 N–H and O–H groups in total. The second-order valence-electron chi connectivity index (χ2n) is 7.87. The van der Waals surface area contributed by atoms with Gasteiger partial charge in [0.15, 0.2) is 18.1 Å². The number of rotatable bonds is 6. The Morgan fingerprint density at radius 3 is 2.40 bits per heavy atom. The largest absolute Gasteiger partial charge is 0.459 e. The molecule has 0 unspecified atom stereocenters. The van der Waals surface area contributed by atoms with Gasteiger partial charge in [-0.2, -0.15) is 5.10 Å². The van der Waals surface area contributed by atoms with Crippen molar-refractivity contribution in [2.45, 2.75) is 0 Å². The summed E-state index contributed by atoms with van der Waals surface area (Å²) in [6.07, 6.45) is 1.45. The molecule has 10 heteroatoms. The summed E-state index contributed by atoms with van der Waals surface area (Å²) >= 11 is 1.52. The molecule has 4 aromatic rings. The zero-order valence-corrected chi connectivity index (χ0v) is 19.5. The number of amides is 2. The topological polar surface area (TPSA) is 97.9 Å². The number of esters is 1. The van der Waals surface area contributed by atoms with E-state index in [2.05, 4.69) is 5.10 Å². The number of hydrogen-bond acceptors (Lipinski definition) is 7. The van der Waals surface area contributed by atoms with Gasteiger partial charge in [0, 0.05) is 32.2 Å². The van der Waals surface area contributed by atoms with Crippen LogP contribution in [0, 0.1) is 0 Å². The maximum atomic E-state index is 13.0. The van der Waals surface area contributed by atoms with Crippen LogP contribution in [0.1, 0.15) is 21.0 Å². The molecule has 0 spiro atoms. The lowest BCUT2D eigenvalue weighted by atomic mass is 10.2. The van der Waals surface area contributed by atoms with Gasteiger partial charge in [0.05, 0.1) is 16.8 Å². The average molecular weight is 491 g/mol. The van der Waals surface area contributed by atoms with Crippen LogP contribution in [0.2, 0.25) is 0 Å². The van der Waals surface area contributed by atoms with E-state index >= 15 is 0 Å². The summed E-state index contributed by atoms with van der Waals surface area (Å²) in [5.41, 5.74) is 1.60. The molecule has 0 radical (unpaired) electrons. The molecular formula is C25H22N4O5S. The summed E-state index contributed by atoms with van der Waals surface area (Å²) in [6.45, 7) is 1.08. The van der Waals surface area contributed by atoms with E-state index in [1.54, 1.807) is 28.0 Å². The van der Waals surface area contributed by atoms with Crippen LogP contribution in [0.5, 0.6) is 0 Å². The Balaban J connectivity index is 1.22. The molecule has 0 bridgehead atoms. The van der Waals surface area contributed by atoms with Gasteiger partial charge >= 0.3 is 5.97 Å². The molecule has 1 aromatic carbocycles. The molecule has 0 aliphatic carbocycles. The molecule has 1 fully saturated rings. The van der Waals surface area contributed by atoms with Crippen LogP contribution in [0.25, 0.3) is 16.3 Å². The highest BCUT2D eigenvalue weighted by molar-refractivity contribution is 7.13. The Hall–Kier alpha value is -4.18. The van der Waals surface area contributed by atoms with Gasteiger partial charge in [0.2, 0.25) is 0 Å². The Labute approximate surface area is 205 Å². The van der Waals surface area contributed by atoms with Gasteiger partial charge in [-0.05, 0) is 35.7 Å². The lowest BCUT2D eigenvalue weighted by Crippen LogP contribution is -2.51. The van der Waals surface area contributed by atoms with Crippen molar-refractivity contribution in [1.82, 2.24) is 19.6 Å². The first-order valence-electron chi connectivity index (χ1n) is 11.1. The van der Waals surface area contributed by atoms with Crippen LogP contribution in [-0.2, 0) is 9.53 Å². The van der Waals surface area contributed by atoms with E-state index in [-0.39, 0.29) is 29.9 Å². The van der Waals surface area contributed by atoms with Crippen LogP contribution in [0.4, 0.5) is 0 Å². The monoisotopic (exact) mass is 490 g/mol. The number of piperazine rings is 1. The van der Waals surface area contributed by atoms with Gasteiger partial charge in [-0.25, -0.2) is 9.48 Å². The number of benzene rings is 1. The second kappa shape index (κ2) is 9.98. The Bertz CT molecular complexity index is 1310. The fraction of sp³-hybridized carbons (Fsp3) is 0.200. The van der Waals surface area contributed by atoms with Crippen LogP contribution in [0.15, 0.2) is 76.7 Å². The first-order chi connectivity index (χ1) is 17.1. The fourth-order valence-electron chi connectivity index (χ4n) is 3.84. The predicted molar refractivity (Wildman–Crippen MR) is 128 cm³/mol. The highest BCUT2D eigenvalue weighted by Crippen LogP contribution is 2.26. The molecule has 0 atom stereocenters. The second-order valence-corrected chi connectivity index (χ2v) is 8.81. The van der Waals surface area contributed by atoms with Crippen LogP contribution in [-0.4, -0.2) is 70.1 Å². The zero-order chi connectivity index (χ0) is 24.2. The summed E-state index contributed by atoms with van der Waals surface area (Å²) in [6, 6.07) is 18.1. The summed E-state index contributed by atoms with van der Waals surface area (Å²) in [5.74, 6) is -0.878. The first-order valence-corrected chi connectivity index (χ1v) is 11.9. The van der Waals surface area contributed by atoms with E-state index in [1.165, 1.54) is 22.3 Å². The molecule has 4 heterocycles. The number of carbonyl (C=O) groups is 3. The highest BCUT2D eigenvalue weighted by Gasteiger charge is 2.27. The van der Waals surface area contributed by atoms with Gasteiger partial charge in [0.1, 0.15) is 5.69 Å². The van der Waals surface area contributed by atoms with Crippen molar-refractivity contribution in [3.8, 4) is 16.3 Å². The normalized spacial score (nSPS) is 13.6. The van der Waals surface area contributed by atoms with Crippen molar-refractivity contribution in [2.24, 2.45) is 0 Å². The molecule has 2 amide bonds. The third kappa shape index (κ3) is 4.87. The molecule has 1 aliphatic heterocycles. The average Bonchev–Trinajstić information content (AvgIpc) is 3.69. The quantitative estimate of drug-likeness (QED) is 0.385. The molecule has 1 saturated heterocycles. The Morgan fingerprint density at radius 1 is 0.943 bits per heavy atom. The van der Waals surface area contributed by atoms with Crippen molar-refractivity contribution in [3.05, 3.63) is 83.8 Å². The van der Waals surface area contributed by atoms with Gasteiger partial charge in [-0.3, -0.25) is 9.59 Å². The third-order valence-electron chi connectivity index (χ3n) is 5.67. The smallest absolute Gasteiger partial charge is 0.357 e. The van der Waals surface area contributed by atoms with E-state index in [9.17, 15) is 14.4 Å². The molecule has 35 heavy (non-hydrogen) atoms. The van der Waals surface area contributed by atoms with Gasteiger partial charge in [-0.1, -0.05) is 24.3 Å². The van der Waals surface area contributed by atoms with E-state index in [1.807, 2.05) is 47.8 Å². The number of thiophene rings is 1. The SMILES string of the molecule is O=C(OCC(=O)N1CCN(C(=O)c2ccco2)CC1)c1cc(-c2cccs2)nn1-c1ccccc1. The molecule has 178 valence electrons. The van der Waals surface area contributed by atoms with Gasteiger partial charge in [0.25, 0.3) is 11.8 Å². The number of ether oxygens (including phenoxy) is 1. The molecule has 9 nitrogen and oxygen atoms in total. The van der Waals surface area contributed by atoms with Crippen molar-refractivity contribution in [2.75, 3.05) is 32.8 Å². The highest BCUT2D eigenvalue weighted by atomic mass is 32.1. The lowest BCUT2D eigenvalue weighted by molar-refractivity contribution is -0.136. The van der Waals surface area contributed by atoms with E-state index in [0.717, 1.165) is 4.88 Å². The van der Waals surface area contributed by atoms with Crippen molar-refractivity contribution in [1.29, 1.82) is 0 Å². The number of carbonyl (C=O) groups excluding carboxylic acids is 3. The van der Waals surface area contributed by atoms with Crippen molar-refractivity contribution < 1.29 is 23.5 Å². The maximum Gasteiger partial charge on any atom is 0.357 e. The zero-order valence-electron chi connectivity index (χ0n) is 18.7. The minimum Gasteiger partial charge on any atom is -0.459 e. The van der Waals surface area contributed by atoms with Crippen molar-refractivity contribution >= 4 is 29.1 Å². The van der Waals surface area contributed by atoms with Crippen LogP contribution < -0.4 is 0 Å². The minimum atomic E-state index is -0.635. The molecule has 0 saturated carbocycles. The van der Waals surface area contributed by atoms with Gasteiger partial charge < -0.3 is 19.0 Å². The number of hydrogen-bond donors (Lipinski definition) is 0.